The van der Waals surface area contributed by atoms with E-state index in [1.54, 1.807) is 0 Å². The van der Waals surface area contributed by atoms with Gasteiger partial charge >= 0.3 is 0 Å². The van der Waals surface area contributed by atoms with Gasteiger partial charge in [0.2, 0.25) is 0 Å². The molecule has 7 heteroatoms. The van der Waals surface area contributed by atoms with Crippen LogP contribution < -0.4 is 4.90 Å². The van der Waals surface area contributed by atoms with E-state index in [4.69, 9.17) is 0 Å². The fourth-order valence-electron chi connectivity index (χ4n) is 4.59. The lowest BCUT2D eigenvalue weighted by Crippen LogP contribution is -2.24. The summed E-state index contributed by atoms with van der Waals surface area (Å²) in [6.07, 6.45) is 11.4. The van der Waals surface area contributed by atoms with Crippen LogP contribution in [0.3, 0.4) is 0 Å². The monoisotopic (exact) mass is 429 g/mol. The van der Waals surface area contributed by atoms with Crippen molar-refractivity contribution < 1.29 is 0 Å². The fourth-order valence-corrected chi connectivity index (χ4v) is 4.59. The van der Waals surface area contributed by atoms with Crippen molar-refractivity contribution in [3.63, 3.8) is 0 Å². The second-order valence-corrected chi connectivity index (χ2v) is 8.68. The van der Waals surface area contributed by atoms with Crippen LogP contribution in [-0.4, -0.2) is 55.9 Å². The van der Waals surface area contributed by atoms with Crippen LogP contribution in [0.15, 0.2) is 49.2 Å². The van der Waals surface area contributed by atoms with Gasteiger partial charge in [0.15, 0.2) is 0 Å². The molecule has 1 aliphatic rings. The summed E-state index contributed by atoms with van der Waals surface area (Å²) >= 11 is 0. The number of anilines is 2. The molecule has 0 unspecified atom stereocenters. The zero-order valence-electron chi connectivity index (χ0n) is 19.2. The first-order valence-electron chi connectivity index (χ1n) is 11.5. The molecule has 5 rings (SSSR count). The maximum atomic E-state index is 4.64. The summed E-state index contributed by atoms with van der Waals surface area (Å²) in [5.41, 5.74) is 6.84. The van der Waals surface area contributed by atoms with Crippen LogP contribution in [0.2, 0.25) is 0 Å². The molecule has 0 aliphatic carbocycles. The summed E-state index contributed by atoms with van der Waals surface area (Å²) < 4.78 is 4.10. The topological polar surface area (TPSA) is 55.0 Å². The fraction of sp³-hybridized carbons (Fsp3) is 0.400. The van der Waals surface area contributed by atoms with Gasteiger partial charge in [-0.3, -0.25) is 4.68 Å². The quantitative estimate of drug-likeness (QED) is 0.439. The van der Waals surface area contributed by atoms with Crippen molar-refractivity contribution in [2.45, 2.75) is 32.7 Å². The largest absolute Gasteiger partial charge is 0.334 e. The minimum absolute atomic E-state index is 0.914. The van der Waals surface area contributed by atoms with Crippen molar-refractivity contribution in [1.29, 1.82) is 0 Å². The van der Waals surface area contributed by atoms with Crippen molar-refractivity contribution in [1.82, 2.24) is 29.2 Å². The molecule has 3 aromatic heterocycles. The van der Waals surface area contributed by atoms with Crippen LogP contribution in [0.4, 0.5) is 11.5 Å². The maximum absolute atomic E-state index is 4.64. The summed E-state index contributed by atoms with van der Waals surface area (Å²) in [4.78, 5) is 13.7. The third-order valence-corrected chi connectivity index (χ3v) is 6.57. The number of nitrogens with zero attached hydrogens (tertiary/aromatic N) is 7. The molecule has 0 N–H and O–H groups in total. The Hall–Kier alpha value is -3.19. The van der Waals surface area contributed by atoms with Crippen LogP contribution in [0.25, 0.3) is 22.2 Å². The number of hydrogen-bond donors (Lipinski definition) is 0. The van der Waals surface area contributed by atoms with Gasteiger partial charge in [0.25, 0.3) is 0 Å². The zero-order chi connectivity index (χ0) is 22.1. The van der Waals surface area contributed by atoms with Crippen LogP contribution in [0.5, 0.6) is 0 Å². The molecule has 0 saturated carbocycles. The van der Waals surface area contributed by atoms with Gasteiger partial charge in [-0.1, -0.05) is 13.0 Å². The van der Waals surface area contributed by atoms with E-state index in [-0.39, 0.29) is 0 Å². The van der Waals surface area contributed by atoms with Gasteiger partial charge in [0.1, 0.15) is 11.3 Å². The molecule has 1 saturated heterocycles. The number of hydrogen-bond acceptors (Lipinski definition) is 5. The van der Waals surface area contributed by atoms with E-state index >= 15 is 0 Å². The molecule has 32 heavy (non-hydrogen) atoms. The Morgan fingerprint density at radius 1 is 1.00 bits per heavy atom. The van der Waals surface area contributed by atoms with Crippen molar-refractivity contribution in [2.75, 3.05) is 31.6 Å². The van der Waals surface area contributed by atoms with Gasteiger partial charge in [-0.05, 0) is 55.6 Å². The van der Waals surface area contributed by atoms with E-state index in [1.165, 1.54) is 48.3 Å². The Bertz CT molecular complexity index is 1220. The van der Waals surface area contributed by atoms with Gasteiger partial charge in [-0.25, -0.2) is 9.97 Å². The molecule has 7 nitrogen and oxygen atoms in total. The van der Waals surface area contributed by atoms with E-state index in [0.717, 1.165) is 36.4 Å². The van der Waals surface area contributed by atoms with Gasteiger partial charge in [0, 0.05) is 44.2 Å². The van der Waals surface area contributed by atoms with E-state index in [2.05, 4.69) is 74.0 Å². The highest BCUT2D eigenvalue weighted by molar-refractivity contribution is 5.79. The predicted octanol–water partition coefficient (Wildman–Crippen LogP) is 4.26. The predicted molar refractivity (Wildman–Crippen MR) is 129 cm³/mol. The van der Waals surface area contributed by atoms with Gasteiger partial charge in [-0.15, -0.1) is 0 Å². The number of rotatable bonds is 7. The zero-order valence-corrected chi connectivity index (χ0v) is 19.2. The van der Waals surface area contributed by atoms with Crippen molar-refractivity contribution in [3.8, 4) is 11.1 Å². The summed E-state index contributed by atoms with van der Waals surface area (Å²) in [7, 11) is 4.09. The lowest BCUT2D eigenvalue weighted by atomic mass is 10.0. The molecule has 0 atom stereocenters. The van der Waals surface area contributed by atoms with Crippen molar-refractivity contribution in [3.05, 3.63) is 54.7 Å². The van der Waals surface area contributed by atoms with E-state index in [9.17, 15) is 0 Å². The first-order chi connectivity index (χ1) is 15.6. The Morgan fingerprint density at radius 2 is 1.84 bits per heavy atom. The number of likely N-dealkylation sites (tertiary alicyclic amines) is 1. The highest BCUT2D eigenvalue weighted by Crippen LogP contribution is 2.31. The average molecular weight is 430 g/mol. The molecule has 0 amide bonds. The first-order valence-corrected chi connectivity index (χ1v) is 11.5. The third-order valence-electron chi connectivity index (χ3n) is 6.57. The molecule has 1 aliphatic heterocycles. The van der Waals surface area contributed by atoms with Crippen LogP contribution in [0, 0.1) is 0 Å². The molecule has 4 aromatic rings. The molecule has 0 radical (unpaired) electrons. The molecule has 1 fully saturated rings. The smallest absolute Gasteiger partial charge is 0.134 e. The van der Waals surface area contributed by atoms with E-state index < -0.39 is 0 Å². The molecular weight excluding hydrogens is 398 g/mol. The normalized spacial score (nSPS) is 14.5. The lowest BCUT2D eigenvalue weighted by Gasteiger charge is -2.22. The highest BCUT2D eigenvalue weighted by Gasteiger charge is 2.14. The Kier molecular flexibility index (Phi) is 5.66. The number of fused-ring (bicyclic) bond motifs is 1. The standard InChI is InChI=1S/C25H31N7/c1-4-19-13-20(21-15-28-32(17-21)12-11-31-9-5-6-10-31)7-8-23(19)30(3)25-14-24-22(16-26-25)27-18-29(24)2/h7-8,13-18H,4-6,9-12H2,1-3H3. The SMILES string of the molecule is CCc1cc(-c2cnn(CCN3CCCC3)c2)ccc1N(C)c1cc2c(cn1)ncn2C. The number of benzene rings is 1. The lowest BCUT2D eigenvalue weighted by molar-refractivity contribution is 0.316. The van der Waals surface area contributed by atoms with Crippen molar-refractivity contribution >= 4 is 22.5 Å². The minimum Gasteiger partial charge on any atom is -0.334 e. The summed E-state index contributed by atoms with van der Waals surface area (Å²) in [6.45, 7) is 6.69. The minimum atomic E-state index is 0.914. The van der Waals surface area contributed by atoms with Crippen LogP contribution in [-0.2, 0) is 20.0 Å². The molecule has 1 aromatic carbocycles. The molecule has 4 heterocycles. The Morgan fingerprint density at radius 3 is 2.66 bits per heavy atom. The molecule has 0 spiro atoms. The highest BCUT2D eigenvalue weighted by atomic mass is 15.3. The van der Waals surface area contributed by atoms with Gasteiger partial charge in [-0.2, -0.15) is 5.10 Å². The van der Waals surface area contributed by atoms with Crippen molar-refractivity contribution in [2.24, 2.45) is 7.05 Å². The van der Waals surface area contributed by atoms with Gasteiger partial charge < -0.3 is 14.4 Å². The Balaban J connectivity index is 1.37. The number of aromatic nitrogens is 5. The second kappa shape index (κ2) is 8.74. The molecule has 166 valence electrons. The summed E-state index contributed by atoms with van der Waals surface area (Å²) in [5.74, 6) is 0.915. The first kappa shape index (κ1) is 20.7. The van der Waals surface area contributed by atoms with Crippen LogP contribution >= 0.6 is 0 Å². The number of imidazole rings is 1. The van der Waals surface area contributed by atoms with E-state index in [0.29, 0.717) is 0 Å². The Labute approximate surface area is 189 Å². The van der Waals surface area contributed by atoms with E-state index in [1.807, 2.05) is 30.3 Å². The maximum Gasteiger partial charge on any atom is 0.134 e. The summed E-state index contributed by atoms with van der Waals surface area (Å²) in [5, 5.41) is 4.61. The summed E-state index contributed by atoms with van der Waals surface area (Å²) in [6, 6.07) is 8.77. The van der Waals surface area contributed by atoms with Gasteiger partial charge in [0.05, 0.1) is 30.8 Å². The second-order valence-electron chi connectivity index (χ2n) is 8.68. The molecule has 0 bridgehead atoms. The number of aryl methyl sites for hydroxylation is 2. The average Bonchev–Trinajstić information content (AvgIpc) is 3.58. The number of pyridine rings is 1. The van der Waals surface area contributed by atoms with Crippen LogP contribution in [0.1, 0.15) is 25.3 Å². The third kappa shape index (κ3) is 4.00. The molecular formula is C25H31N7.